The van der Waals surface area contributed by atoms with Crippen molar-refractivity contribution in [3.8, 4) is 5.75 Å². The van der Waals surface area contributed by atoms with Crippen LogP contribution in [0.3, 0.4) is 0 Å². The lowest BCUT2D eigenvalue weighted by Crippen LogP contribution is -2.34. The van der Waals surface area contributed by atoms with Gasteiger partial charge in [-0.25, -0.2) is 0 Å². The fourth-order valence-corrected chi connectivity index (χ4v) is 4.42. The van der Waals surface area contributed by atoms with E-state index in [0.717, 1.165) is 42.8 Å². The fraction of sp³-hybridized carbons (Fsp3) is 0.409. The molecule has 28 heavy (non-hydrogen) atoms. The van der Waals surface area contributed by atoms with E-state index in [2.05, 4.69) is 0 Å². The number of nitrogens with zero attached hydrogens (tertiary/aromatic N) is 1. The average molecular weight is 421 g/mol. The lowest BCUT2D eigenvalue weighted by molar-refractivity contribution is -0.129. The predicted molar refractivity (Wildman–Crippen MR) is 114 cm³/mol. The van der Waals surface area contributed by atoms with Crippen LogP contribution in [0.2, 0.25) is 5.02 Å². The number of carbonyl (C=O) groups excluding carboxylic acids is 1. The second-order valence-corrected chi connectivity index (χ2v) is 8.14. The Hall–Kier alpha value is -1.75. The topological polar surface area (TPSA) is 55.6 Å². The lowest BCUT2D eigenvalue weighted by Gasteiger charge is -2.19. The molecule has 0 aromatic heterocycles. The van der Waals surface area contributed by atoms with E-state index in [1.807, 2.05) is 53.4 Å². The van der Waals surface area contributed by atoms with Crippen LogP contribution in [-0.2, 0) is 17.8 Å². The summed E-state index contributed by atoms with van der Waals surface area (Å²) in [6, 6.07) is 15.7. The molecule has 2 fully saturated rings. The van der Waals surface area contributed by atoms with E-state index in [9.17, 15) is 4.79 Å². The standard InChI is InChI=1S/C22H25ClN2O2.ClH/c23-18-7-4-15(5-8-18)14-27-19-3-1-2-16(10-19)11-22(26)25-12-17-6-9-21(24)20(17)13-25;/h1-5,7-8,10,17,20-21H,6,9,11-14,24H2;1H. The number of carbonyl (C=O) groups is 1. The van der Waals surface area contributed by atoms with E-state index in [-0.39, 0.29) is 24.4 Å². The van der Waals surface area contributed by atoms with Crippen LogP contribution >= 0.6 is 24.0 Å². The third kappa shape index (κ3) is 4.80. The van der Waals surface area contributed by atoms with Gasteiger partial charge in [0.1, 0.15) is 12.4 Å². The number of ether oxygens (including phenoxy) is 1. The molecule has 0 spiro atoms. The van der Waals surface area contributed by atoms with E-state index >= 15 is 0 Å². The molecule has 0 radical (unpaired) electrons. The van der Waals surface area contributed by atoms with Gasteiger partial charge in [-0.2, -0.15) is 0 Å². The molecule has 2 N–H and O–H groups in total. The zero-order valence-electron chi connectivity index (χ0n) is 15.7. The molecular weight excluding hydrogens is 395 g/mol. The molecule has 150 valence electrons. The Labute approximate surface area is 177 Å². The average Bonchev–Trinajstić information content (AvgIpc) is 3.24. The first-order valence-electron chi connectivity index (χ1n) is 9.58. The van der Waals surface area contributed by atoms with Crippen LogP contribution in [0.15, 0.2) is 48.5 Å². The fourth-order valence-electron chi connectivity index (χ4n) is 4.29. The number of likely N-dealkylation sites (tertiary alicyclic amines) is 1. The van der Waals surface area contributed by atoms with Gasteiger partial charge in [0.05, 0.1) is 6.42 Å². The van der Waals surface area contributed by atoms with Crippen LogP contribution in [0.5, 0.6) is 5.75 Å². The Morgan fingerprint density at radius 1 is 1.11 bits per heavy atom. The maximum absolute atomic E-state index is 12.7. The normalized spacial score (nSPS) is 23.2. The van der Waals surface area contributed by atoms with Crippen LogP contribution < -0.4 is 10.5 Å². The molecule has 1 amide bonds. The van der Waals surface area contributed by atoms with Gasteiger partial charge < -0.3 is 15.4 Å². The van der Waals surface area contributed by atoms with Crippen LogP contribution in [0.4, 0.5) is 0 Å². The first kappa shape index (κ1) is 21.0. The molecule has 2 aromatic rings. The molecule has 1 heterocycles. The minimum Gasteiger partial charge on any atom is -0.489 e. The predicted octanol–water partition coefficient (Wildman–Crippen LogP) is 4.08. The minimum absolute atomic E-state index is 0. The Morgan fingerprint density at radius 2 is 1.89 bits per heavy atom. The third-order valence-electron chi connectivity index (χ3n) is 5.84. The third-order valence-corrected chi connectivity index (χ3v) is 6.09. The number of halogens is 2. The number of fused-ring (bicyclic) bond motifs is 1. The van der Waals surface area contributed by atoms with Crippen molar-refractivity contribution in [1.29, 1.82) is 0 Å². The molecule has 2 aromatic carbocycles. The van der Waals surface area contributed by atoms with Gasteiger partial charge in [-0.3, -0.25) is 4.79 Å². The number of benzene rings is 2. The van der Waals surface area contributed by atoms with Gasteiger partial charge in [-0.05, 0) is 60.1 Å². The second kappa shape index (κ2) is 9.17. The molecular formula is C22H26Cl2N2O2. The summed E-state index contributed by atoms with van der Waals surface area (Å²) < 4.78 is 5.87. The first-order chi connectivity index (χ1) is 13.1. The van der Waals surface area contributed by atoms with Crippen molar-refractivity contribution < 1.29 is 9.53 Å². The van der Waals surface area contributed by atoms with Crippen LogP contribution in [0.1, 0.15) is 24.0 Å². The monoisotopic (exact) mass is 420 g/mol. The lowest BCUT2D eigenvalue weighted by atomic mass is 9.98. The summed E-state index contributed by atoms with van der Waals surface area (Å²) in [6.45, 7) is 2.16. The Bertz CT molecular complexity index is 812. The highest BCUT2D eigenvalue weighted by atomic mass is 35.5. The molecule has 4 nitrogen and oxygen atoms in total. The zero-order valence-corrected chi connectivity index (χ0v) is 17.3. The second-order valence-electron chi connectivity index (χ2n) is 7.70. The molecule has 1 aliphatic carbocycles. The van der Waals surface area contributed by atoms with Crippen molar-refractivity contribution in [1.82, 2.24) is 4.90 Å². The van der Waals surface area contributed by atoms with Crippen molar-refractivity contribution in [2.45, 2.75) is 31.9 Å². The van der Waals surface area contributed by atoms with E-state index in [1.165, 1.54) is 0 Å². The SMILES string of the molecule is Cl.NC1CCC2CN(C(=O)Cc3cccc(OCc4ccc(Cl)cc4)c3)CC12. The van der Waals surface area contributed by atoms with E-state index in [0.29, 0.717) is 29.9 Å². The summed E-state index contributed by atoms with van der Waals surface area (Å²) in [6.07, 6.45) is 2.67. The molecule has 6 heteroatoms. The van der Waals surface area contributed by atoms with Crippen LogP contribution in [0.25, 0.3) is 0 Å². The Kier molecular flexibility index (Phi) is 6.86. The van der Waals surface area contributed by atoms with Crippen LogP contribution in [0, 0.1) is 11.8 Å². The summed E-state index contributed by atoms with van der Waals surface area (Å²) in [5.41, 5.74) is 8.22. The van der Waals surface area contributed by atoms with Crippen molar-refractivity contribution in [2.24, 2.45) is 17.6 Å². The number of amides is 1. The summed E-state index contributed by atoms with van der Waals surface area (Å²) >= 11 is 5.91. The van der Waals surface area contributed by atoms with Gasteiger partial charge in [-0.15, -0.1) is 12.4 Å². The maximum Gasteiger partial charge on any atom is 0.227 e. The van der Waals surface area contributed by atoms with Gasteiger partial charge >= 0.3 is 0 Å². The molecule has 2 aliphatic rings. The van der Waals surface area contributed by atoms with E-state index in [1.54, 1.807) is 0 Å². The number of hydrogen-bond donors (Lipinski definition) is 1. The van der Waals surface area contributed by atoms with Crippen molar-refractivity contribution in [2.75, 3.05) is 13.1 Å². The van der Waals surface area contributed by atoms with Gasteiger partial charge in [0.2, 0.25) is 5.91 Å². The quantitative estimate of drug-likeness (QED) is 0.792. The maximum atomic E-state index is 12.7. The van der Waals surface area contributed by atoms with Crippen molar-refractivity contribution >= 4 is 29.9 Å². The molecule has 1 saturated heterocycles. The molecule has 1 aliphatic heterocycles. The Morgan fingerprint density at radius 3 is 2.64 bits per heavy atom. The summed E-state index contributed by atoms with van der Waals surface area (Å²) in [4.78, 5) is 14.7. The Balaban J connectivity index is 0.00000225. The molecule has 0 bridgehead atoms. The number of hydrogen-bond acceptors (Lipinski definition) is 3. The first-order valence-corrected chi connectivity index (χ1v) is 9.96. The van der Waals surface area contributed by atoms with Crippen LogP contribution in [-0.4, -0.2) is 29.9 Å². The highest BCUT2D eigenvalue weighted by Gasteiger charge is 2.42. The number of rotatable bonds is 5. The van der Waals surface area contributed by atoms with Gasteiger partial charge in [0.15, 0.2) is 0 Å². The summed E-state index contributed by atoms with van der Waals surface area (Å²) in [7, 11) is 0. The number of nitrogens with two attached hydrogens (primary N) is 1. The van der Waals surface area contributed by atoms with E-state index in [4.69, 9.17) is 22.1 Å². The summed E-state index contributed by atoms with van der Waals surface area (Å²) in [5, 5.41) is 0.714. The highest BCUT2D eigenvalue weighted by Crippen LogP contribution is 2.37. The zero-order chi connectivity index (χ0) is 18.8. The smallest absolute Gasteiger partial charge is 0.227 e. The molecule has 3 atom stereocenters. The minimum atomic E-state index is 0. The van der Waals surface area contributed by atoms with Gasteiger partial charge in [0, 0.05) is 24.2 Å². The molecule has 4 rings (SSSR count). The van der Waals surface area contributed by atoms with Gasteiger partial charge in [-0.1, -0.05) is 35.9 Å². The van der Waals surface area contributed by atoms with Crippen molar-refractivity contribution in [3.05, 3.63) is 64.7 Å². The van der Waals surface area contributed by atoms with Gasteiger partial charge in [0.25, 0.3) is 0 Å². The van der Waals surface area contributed by atoms with E-state index < -0.39 is 0 Å². The largest absolute Gasteiger partial charge is 0.489 e. The highest BCUT2D eigenvalue weighted by molar-refractivity contribution is 6.30. The molecule has 1 saturated carbocycles. The summed E-state index contributed by atoms with van der Waals surface area (Å²) in [5.74, 6) is 2.04. The molecule has 3 unspecified atom stereocenters. The van der Waals surface area contributed by atoms with Crippen molar-refractivity contribution in [3.63, 3.8) is 0 Å².